The van der Waals surface area contributed by atoms with Crippen LogP contribution < -0.4 is 4.74 Å². The molecule has 5 nitrogen and oxygen atoms in total. The third-order valence-electron chi connectivity index (χ3n) is 7.08. The number of benzene rings is 4. The van der Waals surface area contributed by atoms with E-state index >= 15 is 0 Å². The Morgan fingerprint density at radius 2 is 1.70 bits per heavy atom. The molecule has 1 amide bonds. The molecular formula is C31H28FN3O2. The lowest BCUT2D eigenvalue weighted by Crippen LogP contribution is -2.24. The fraction of sp³-hybridized carbons (Fsp3) is 0.226. The standard InChI is InChI=1S/C31H28FN3O2/c32-25-15-13-22(14-16-25)20-34-21-24(19-30(34)36)31-33-27-10-3-4-11-28(27)35(31)17-6-18-37-29-12-5-8-23-7-1-2-9-26(23)29/h1-5,7-16,24H,6,17-21H2. The van der Waals surface area contributed by atoms with Crippen LogP contribution in [0.15, 0.2) is 91.0 Å². The largest absolute Gasteiger partial charge is 0.493 e. The van der Waals surface area contributed by atoms with Crippen molar-refractivity contribution in [1.29, 1.82) is 0 Å². The zero-order valence-corrected chi connectivity index (χ0v) is 20.5. The van der Waals surface area contributed by atoms with Crippen LogP contribution in [0.2, 0.25) is 0 Å². The number of rotatable bonds is 8. The lowest BCUT2D eigenvalue weighted by atomic mass is 10.1. The molecule has 5 aromatic rings. The highest BCUT2D eigenvalue weighted by Crippen LogP contribution is 2.32. The second-order valence-corrected chi connectivity index (χ2v) is 9.59. The number of hydrogen-bond acceptors (Lipinski definition) is 3. The van der Waals surface area contributed by atoms with Gasteiger partial charge in [-0.3, -0.25) is 4.79 Å². The second-order valence-electron chi connectivity index (χ2n) is 9.59. The predicted octanol–water partition coefficient (Wildman–Crippen LogP) is 6.31. The molecule has 6 rings (SSSR count). The Kier molecular flexibility index (Phi) is 6.31. The zero-order chi connectivity index (χ0) is 25.2. The summed E-state index contributed by atoms with van der Waals surface area (Å²) in [5.74, 6) is 1.69. The van der Waals surface area contributed by atoms with Gasteiger partial charge < -0.3 is 14.2 Å². The Labute approximate surface area is 215 Å². The maximum absolute atomic E-state index is 13.3. The molecule has 1 saturated heterocycles. The first-order valence-electron chi connectivity index (χ1n) is 12.7. The number of para-hydroxylation sites is 2. The number of halogens is 1. The number of aromatic nitrogens is 2. The number of aryl methyl sites for hydroxylation is 1. The molecule has 0 radical (unpaired) electrons. The Bertz CT molecular complexity index is 1560. The van der Waals surface area contributed by atoms with Gasteiger partial charge in [0.2, 0.25) is 5.91 Å². The van der Waals surface area contributed by atoms with Crippen LogP contribution in [0.25, 0.3) is 21.8 Å². The van der Waals surface area contributed by atoms with Crippen LogP contribution in [-0.4, -0.2) is 33.5 Å². The summed E-state index contributed by atoms with van der Waals surface area (Å²) < 4.78 is 21.7. The molecule has 0 N–H and O–H groups in total. The molecule has 1 unspecified atom stereocenters. The van der Waals surface area contributed by atoms with Crippen LogP contribution >= 0.6 is 0 Å². The van der Waals surface area contributed by atoms with Crippen LogP contribution in [-0.2, 0) is 17.9 Å². The van der Waals surface area contributed by atoms with Crippen molar-refractivity contribution in [3.8, 4) is 5.75 Å². The molecule has 1 aliphatic rings. The summed E-state index contributed by atoms with van der Waals surface area (Å²) in [5.41, 5.74) is 2.94. The van der Waals surface area contributed by atoms with Crippen LogP contribution in [0.3, 0.4) is 0 Å². The second kappa shape index (κ2) is 10.1. The summed E-state index contributed by atoms with van der Waals surface area (Å²) in [6.45, 7) is 2.42. The van der Waals surface area contributed by atoms with E-state index in [2.05, 4.69) is 28.8 Å². The van der Waals surface area contributed by atoms with Gasteiger partial charge in [0.1, 0.15) is 17.4 Å². The van der Waals surface area contributed by atoms with Crippen LogP contribution in [0, 0.1) is 5.82 Å². The molecule has 0 bridgehead atoms. The van der Waals surface area contributed by atoms with E-state index in [0.717, 1.165) is 46.5 Å². The van der Waals surface area contributed by atoms with E-state index in [4.69, 9.17) is 9.72 Å². The van der Waals surface area contributed by atoms with E-state index in [1.807, 2.05) is 47.4 Å². The number of likely N-dealkylation sites (tertiary alicyclic amines) is 1. The van der Waals surface area contributed by atoms with Gasteiger partial charge in [-0.1, -0.05) is 60.7 Å². The monoisotopic (exact) mass is 493 g/mol. The first-order chi connectivity index (χ1) is 18.2. The van der Waals surface area contributed by atoms with Crippen LogP contribution in [0.5, 0.6) is 5.75 Å². The highest BCUT2D eigenvalue weighted by atomic mass is 19.1. The van der Waals surface area contributed by atoms with Crippen molar-refractivity contribution in [3.05, 3.63) is 108 Å². The number of carbonyl (C=O) groups excluding carboxylic acids is 1. The third kappa shape index (κ3) is 4.79. The predicted molar refractivity (Wildman–Crippen MR) is 143 cm³/mol. The fourth-order valence-corrected chi connectivity index (χ4v) is 5.28. The van der Waals surface area contributed by atoms with Crippen molar-refractivity contribution in [2.75, 3.05) is 13.2 Å². The highest BCUT2D eigenvalue weighted by molar-refractivity contribution is 5.88. The van der Waals surface area contributed by atoms with E-state index < -0.39 is 0 Å². The summed E-state index contributed by atoms with van der Waals surface area (Å²) in [7, 11) is 0. The van der Waals surface area contributed by atoms with Gasteiger partial charge >= 0.3 is 0 Å². The van der Waals surface area contributed by atoms with Gasteiger partial charge in [0.15, 0.2) is 0 Å². The molecule has 1 aliphatic heterocycles. The molecule has 6 heteroatoms. The number of carbonyl (C=O) groups is 1. The molecule has 0 saturated carbocycles. The topological polar surface area (TPSA) is 47.4 Å². The average molecular weight is 494 g/mol. The van der Waals surface area contributed by atoms with E-state index in [9.17, 15) is 9.18 Å². The quantitative estimate of drug-likeness (QED) is 0.238. The van der Waals surface area contributed by atoms with E-state index in [1.54, 1.807) is 12.1 Å². The van der Waals surface area contributed by atoms with E-state index in [0.29, 0.717) is 26.1 Å². The number of ether oxygens (including phenoxy) is 1. The van der Waals surface area contributed by atoms with Crippen molar-refractivity contribution in [1.82, 2.24) is 14.5 Å². The molecule has 186 valence electrons. The van der Waals surface area contributed by atoms with Crippen molar-refractivity contribution in [2.24, 2.45) is 0 Å². The van der Waals surface area contributed by atoms with Gasteiger partial charge in [0.05, 0.1) is 17.6 Å². The third-order valence-corrected chi connectivity index (χ3v) is 7.08. The summed E-state index contributed by atoms with van der Waals surface area (Å²) in [6, 6.07) is 28.8. The van der Waals surface area contributed by atoms with E-state index in [1.165, 1.54) is 17.5 Å². The number of fused-ring (bicyclic) bond motifs is 2. The maximum Gasteiger partial charge on any atom is 0.223 e. The average Bonchev–Trinajstić information content (AvgIpc) is 3.48. The van der Waals surface area contributed by atoms with Gasteiger partial charge in [-0.05, 0) is 47.7 Å². The summed E-state index contributed by atoms with van der Waals surface area (Å²) in [4.78, 5) is 19.7. The summed E-state index contributed by atoms with van der Waals surface area (Å²) >= 11 is 0. The van der Waals surface area contributed by atoms with Gasteiger partial charge in [-0.2, -0.15) is 0 Å². The highest BCUT2D eigenvalue weighted by Gasteiger charge is 2.34. The minimum atomic E-state index is -0.271. The zero-order valence-electron chi connectivity index (χ0n) is 20.5. The Hall–Kier alpha value is -4.19. The molecule has 1 aromatic heterocycles. The van der Waals surface area contributed by atoms with Gasteiger partial charge in [-0.25, -0.2) is 9.37 Å². The maximum atomic E-state index is 13.3. The molecule has 37 heavy (non-hydrogen) atoms. The van der Waals surface area contributed by atoms with Gasteiger partial charge in [0, 0.05) is 37.4 Å². The molecule has 2 heterocycles. The summed E-state index contributed by atoms with van der Waals surface area (Å²) in [5, 5.41) is 2.28. The fourth-order valence-electron chi connectivity index (χ4n) is 5.28. The number of hydrogen-bond donors (Lipinski definition) is 0. The SMILES string of the molecule is O=C1CC(c2nc3ccccc3n2CCCOc2cccc3ccccc23)CN1Cc1ccc(F)cc1. The van der Waals surface area contributed by atoms with Crippen molar-refractivity contribution >= 4 is 27.7 Å². The lowest BCUT2D eigenvalue weighted by molar-refractivity contribution is -0.128. The molecule has 1 atom stereocenters. The Balaban J connectivity index is 1.18. The Morgan fingerprint density at radius 3 is 2.59 bits per heavy atom. The minimum Gasteiger partial charge on any atom is -0.493 e. The Morgan fingerprint density at radius 1 is 0.919 bits per heavy atom. The molecule has 1 fully saturated rings. The molecular weight excluding hydrogens is 465 g/mol. The van der Waals surface area contributed by atoms with Crippen molar-refractivity contribution in [3.63, 3.8) is 0 Å². The van der Waals surface area contributed by atoms with Crippen molar-refractivity contribution < 1.29 is 13.9 Å². The number of imidazole rings is 1. The van der Waals surface area contributed by atoms with E-state index in [-0.39, 0.29) is 17.6 Å². The minimum absolute atomic E-state index is 0.0133. The molecule has 4 aromatic carbocycles. The molecule has 0 spiro atoms. The number of nitrogens with zero attached hydrogens (tertiary/aromatic N) is 3. The first kappa shape index (κ1) is 23.2. The number of amides is 1. The molecule has 0 aliphatic carbocycles. The van der Waals surface area contributed by atoms with Gasteiger partial charge in [0.25, 0.3) is 0 Å². The normalized spacial score (nSPS) is 15.6. The van der Waals surface area contributed by atoms with Crippen molar-refractivity contribution in [2.45, 2.75) is 31.8 Å². The first-order valence-corrected chi connectivity index (χ1v) is 12.7. The summed E-state index contributed by atoms with van der Waals surface area (Å²) in [6.07, 6.45) is 1.24. The van der Waals surface area contributed by atoms with Gasteiger partial charge in [-0.15, -0.1) is 0 Å². The lowest BCUT2D eigenvalue weighted by Gasteiger charge is -2.17. The van der Waals surface area contributed by atoms with Crippen LogP contribution in [0.1, 0.15) is 30.1 Å². The van der Waals surface area contributed by atoms with Crippen LogP contribution in [0.4, 0.5) is 4.39 Å². The smallest absolute Gasteiger partial charge is 0.223 e.